The number of thioether (sulfide) groups is 1. The zero-order chi connectivity index (χ0) is 14.0. The summed E-state index contributed by atoms with van der Waals surface area (Å²) in [5, 5.41) is 21.3. The number of hydrogen-bond acceptors (Lipinski definition) is 5. The van der Waals surface area contributed by atoms with Crippen molar-refractivity contribution in [2.24, 2.45) is 0 Å². The van der Waals surface area contributed by atoms with Crippen molar-refractivity contribution < 1.29 is 10.0 Å². The van der Waals surface area contributed by atoms with Crippen LogP contribution in [0.4, 0.5) is 5.69 Å². The first kappa shape index (κ1) is 13.8. The van der Waals surface area contributed by atoms with Gasteiger partial charge in [-0.05, 0) is 13.0 Å². The minimum absolute atomic E-state index is 0.00431. The predicted molar refractivity (Wildman–Crippen MR) is 75.4 cm³/mol. The van der Waals surface area contributed by atoms with Crippen LogP contribution in [0.15, 0.2) is 35.4 Å². The zero-order valence-corrected chi connectivity index (χ0v) is 11.4. The summed E-state index contributed by atoms with van der Waals surface area (Å²) in [6.45, 7) is 3.64. The summed E-state index contributed by atoms with van der Waals surface area (Å²) >= 11 is 1.49. The molecule has 0 bridgehead atoms. The molecule has 0 aliphatic heterocycles. The molecule has 1 aromatic carbocycles. The van der Waals surface area contributed by atoms with Crippen molar-refractivity contribution in [3.8, 4) is 0 Å². The molecule has 0 aliphatic rings. The van der Waals surface area contributed by atoms with Gasteiger partial charge in [0.05, 0.1) is 11.0 Å². The molecule has 0 amide bonds. The number of pyridine rings is 1. The molecule has 2 aromatic rings. The van der Waals surface area contributed by atoms with E-state index in [-0.39, 0.29) is 10.9 Å². The Bertz CT molecular complexity index is 616. The second-order valence-corrected chi connectivity index (χ2v) is 5.72. The Morgan fingerprint density at radius 1 is 1.37 bits per heavy atom. The van der Waals surface area contributed by atoms with E-state index in [1.807, 2.05) is 19.1 Å². The number of nitro benzene ring substituents is 1. The van der Waals surface area contributed by atoms with E-state index >= 15 is 0 Å². The maximum atomic E-state index is 11.0. The van der Waals surface area contributed by atoms with Crippen LogP contribution in [0.25, 0.3) is 10.9 Å². The van der Waals surface area contributed by atoms with Crippen LogP contribution in [-0.2, 0) is 0 Å². The lowest BCUT2D eigenvalue weighted by molar-refractivity contribution is -0.383. The summed E-state index contributed by atoms with van der Waals surface area (Å²) < 4.78 is 0. The fraction of sp³-hybridized carbons (Fsp3) is 0.308. The van der Waals surface area contributed by atoms with Crippen LogP contribution in [0.5, 0.6) is 0 Å². The number of hydrogen-bond donors (Lipinski definition) is 1. The number of aromatic nitrogens is 1. The molecule has 100 valence electrons. The van der Waals surface area contributed by atoms with Gasteiger partial charge in [0, 0.05) is 27.8 Å². The van der Waals surface area contributed by atoms with Gasteiger partial charge in [0.2, 0.25) is 0 Å². The summed E-state index contributed by atoms with van der Waals surface area (Å²) in [6, 6.07) is 6.73. The summed E-state index contributed by atoms with van der Waals surface area (Å²) in [4.78, 5) is 15.5. The van der Waals surface area contributed by atoms with Crippen LogP contribution >= 0.6 is 11.8 Å². The minimum atomic E-state index is -0.452. The van der Waals surface area contributed by atoms with E-state index in [4.69, 9.17) is 0 Å². The van der Waals surface area contributed by atoms with Crippen LogP contribution in [0.1, 0.15) is 13.8 Å². The highest BCUT2D eigenvalue weighted by Gasteiger charge is 2.17. The van der Waals surface area contributed by atoms with Gasteiger partial charge < -0.3 is 5.11 Å². The van der Waals surface area contributed by atoms with Gasteiger partial charge in [0.25, 0.3) is 5.69 Å². The molecule has 0 fully saturated rings. The lowest BCUT2D eigenvalue weighted by atomic mass is 10.2. The molecule has 0 aliphatic carbocycles. The Morgan fingerprint density at radius 2 is 2.11 bits per heavy atom. The highest BCUT2D eigenvalue weighted by atomic mass is 32.2. The Kier molecular flexibility index (Phi) is 4.01. The molecular formula is C13H14N2O3S. The monoisotopic (exact) mass is 278 g/mol. The predicted octanol–water partition coefficient (Wildman–Crippen LogP) is 3.00. The summed E-state index contributed by atoms with van der Waals surface area (Å²) in [5.74, 6) is 0. The fourth-order valence-electron chi connectivity index (χ4n) is 1.68. The third-order valence-electron chi connectivity index (χ3n) is 2.90. The Labute approximate surface area is 114 Å². The van der Waals surface area contributed by atoms with E-state index in [0.717, 1.165) is 10.3 Å². The third-order valence-corrected chi connectivity index (χ3v) is 4.27. The zero-order valence-electron chi connectivity index (χ0n) is 10.6. The molecular weight excluding hydrogens is 264 g/mol. The van der Waals surface area contributed by atoms with E-state index in [0.29, 0.717) is 5.52 Å². The van der Waals surface area contributed by atoms with Gasteiger partial charge in [-0.15, -0.1) is 11.8 Å². The first-order chi connectivity index (χ1) is 9.00. The molecule has 1 aromatic heterocycles. The maximum absolute atomic E-state index is 11.0. The molecule has 0 saturated carbocycles. The molecule has 5 nitrogen and oxygen atoms in total. The summed E-state index contributed by atoms with van der Waals surface area (Å²) in [7, 11) is 0. The first-order valence-corrected chi connectivity index (χ1v) is 6.75. The standard InChI is InChI=1S/C13H14N2O3S/c1-8(16)9(2)19-12-6-7-14-13-10(12)4-3-5-11(13)15(17)18/h3-9,16H,1-2H3. The van der Waals surface area contributed by atoms with E-state index in [2.05, 4.69) is 4.98 Å². The van der Waals surface area contributed by atoms with Crippen LogP contribution in [0, 0.1) is 10.1 Å². The quantitative estimate of drug-likeness (QED) is 0.528. The molecule has 1 heterocycles. The van der Waals surface area contributed by atoms with E-state index in [1.165, 1.54) is 17.8 Å². The van der Waals surface area contributed by atoms with E-state index < -0.39 is 11.0 Å². The fourth-order valence-corrected chi connectivity index (χ4v) is 2.71. The number of aliphatic hydroxyl groups excluding tert-OH is 1. The molecule has 19 heavy (non-hydrogen) atoms. The van der Waals surface area contributed by atoms with Crippen molar-refractivity contribution in [3.63, 3.8) is 0 Å². The van der Waals surface area contributed by atoms with Crippen LogP contribution in [0.3, 0.4) is 0 Å². The molecule has 6 heteroatoms. The molecule has 0 saturated heterocycles. The number of nitrogens with zero attached hydrogens (tertiary/aromatic N) is 2. The Balaban J connectivity index is 2.52. The SMILES string of the molecule is CC(O)C(C)Sc1ccnc2c([N+](=O)[O-])cccc12. The van der Waals surface area contributed by atoms with Crippen molar-refractivity contribution in [1.29, 1.82) is 0 Å². The average molecular weight is 278 g/mol. The van der Waals surface area contributed by atoms with E-state index in [9.17, 15) is 15.2 Å². The normalized spacial score (nSPS) is 14.3. The van der Waals surface area contributed by atoms with Crippen LogP contribution in [-0.4, -0.2) is 26.4 Å². The number of rotatable bonds is 4. The van der Waals surface area contributed by atoms with Gasteiger partial charge in [-0.2, -0.15) is 0 Å². The lowest BCUT2D eigenvalue weighted by Crippen LogP contribution is -2.14. The lowest BCUT2D eigenvalue weighted by Gasteiger charge is -2.15. The second-order valence-electron chi connectivity index (χ2n) is 4.30. The summed E-state index contributed by atoms with van der Waals surface area (Å²) in [6.07, 6.45) is 1.11. The van der Waals surface area contributed by atoms with Gasteiger partial charge in [-0.25, -0.2) is 4.98 Å². The molecule has 2 atom stereocenters. The van der Waals surface area contributed by atoms with Crippen molar-refractivity contribution in [2.75, 3.05) is 0 Å². The number of non-ortho nitro benzene ring substituents is 1. The highest BCUT2D eigenvalue weighted by Crippen LogP contribution is 2.34. The minimum Gasteiger partial charge on any atom is -0.392 e. The summed E-state index contributed by atoms with van der Waals surface area (Å²) in [5.41, 5.74) is 0.389. The van der Waals surface area contributed by atoms with E-state index in [1.54, 1.807) is 19.2 Å². The highest BCUT2D eigenvalue weighted by molar-refractivity contribution is 8.00. The number of para-hydroxylation sites is 1. The molecule has 2 rings (SSSR count). The average Bonchev–Trinajstić information content (AvgIpc) is 2.38. The Hall–Kier alpha value is -1.66. The molecule has 2 unspecified atom stereocenters. The van der Waals surface area contributed by atoms with Gasteiger partial charge >= 0.3 is 0 Å². The van der Waals surface area contributed by atoms with Crippen molar-refractivity contribution >= 4 is 28.4 Å². The van der Waals surface area contributed by atoms with Crippen molar-refractivity contribution in [3.05, 3.63) is 40.6 Å². The smallest absolute Gasteiger partial charge is 0.295 e. The number of aliphatic hydroxyl groups is 1. The largest absolute Gasteiger partial charge is 0.392 e. The van der Waals surface area contributed by atoms with Crippen molar-refractivity contribution in [2.45, 2.75) is 30.1 Å². The third kappa shape index (κ3) is 2.85. The maximum Gasteiger partial charge on any atom is 0.295 e. The number of nitro groups is 1. The van der Waals surface area contributed by atoms with Gasteiger partial charge in [0.1, 0.15) is 5.52 Å². The first-order valence-electron chi connectivity index (χ1n) is 5.87. The van der Waals surface area contributed by atoms with Gasteiger partial charge in [-0.3, -0.25) is 10.1 Å². The Morgan fingerprint density at radius 3 is 2.74 bits per heavy atom. The second kappa shape index (κ2) is 5.54. The van der Waals surface area contributed by atoms with Crippen LogP contribution < -0.4 is 0 Å². The molecule has 0 radical (unpaired) electrons. The molecule has 0 spiro atoms. The number of benzene rings is 1. The number of fused-ring (bicyclic) bond motifs is 1. The van der Waals surface area contributed by atoms with Gasteiger partial charge in [0.15, 0.2) is 0 Å². The van der Waals surface area contributed by atoms with Gasteiger partial charge in [-0.1, -0.05) is 19.1 Å². The molecule has 1 N–H and O–H groups in total. The van der Waals surface area contributed by atoms with Crippen LogP contribution in [0.2, 0.25) is 0 Å². The topological polar surface area (TPSA) is 76.3 Å². The van der Waals surface area contributed by atoms with Crippen molar-refractivity contribution in [1.82, 2.24) is 4.98 Å².